The van der Waals surface area contributed by atoms with Gasteiger partial charge >= 0.3 is 0 Å². The third-order valence-electron chi connectivity index (χ3n) is 11.2. The third-order valence-corrected chi connectivity index (χ3v) is 11.2. The van der Waals surface area contributed by atoms with Crippen LogP contribution in [0.4, 0.5) is 0 Å². The number of hydrogen-bond acceptors (Lipinski definition) is 4. The van der Waals surface area contributed by atoms with Gasteiger partial charge in [0.25, 0.3) is 0 Å². The van der Waals surface area contributed by atoms with E-state index < -0.39 is 0 Å². The van der Waals surface area contributed by atoms with Crippen molar-refractivity contribution in [3.05, 3.63) is 182 Å². The van der Waals surface area contributed by atoms with Gasteiger partial charge in [0.15, 0.2) is 0 Å². The van der Waals surface area contributed by atoms with E-state index in [1.54, 1.807) is 0 Å². The molecule has 0 saturated heterocycles. The van der Waals surface area contributed by atoms with Gasteiger partial charge in [-0.3, -0.25) is 9.13 Å². The molecule has 0 radical (unpaired) electrons. The highest BCUT2D eigenvalue weighted by Crippen LogP contribution is 2.41. The Balaban J connectivity index is 1.14. The molecule has 56 heavy (non-hydrogen) atoms. The molecular formula is C50H30N6. The van der Waals surface area contributed by atoms with Gasteiger partial charge in [0.2, 0.25) is 5.95 Å². The zero-order chi connectivity index (χ0) is 36.7. The van der Waals surface area contributed by atoms with Gasteiger partial charge in [0, 0.05) is 56.8 Å². The lowest BCUT2D eigenvalue weighted by Crippen LogP contribution is -2.04. The fraction of sp³-hybridized carbons (Fsp3) is 0. The van der Waals surface area contributed by atoms with Crippen LogP contribution in [0.3, 0.4) is 0 Å². The normalized spacial score (nSPS) is 11.9. The second-order valence-corrected chi connectivity index (χ2v) is 14.3. The molecule has 4 aromatic heterocycles. The van der Waals surface area contributed by atoms with Crippen molar-refractivity contribution < 1.29 is 0 Å². The first-order valence-corrected chi connectivity index (χ1v) is 18.8. The summed E-state index contributed by atoms with van der Waals surface area (Å²) in [7, 11) is 0. The Morgan fingerprint density at radius 3 is 1.70 bits per heavy atom. The van der Waals surface area contributed by atoms with Gasteiger partial charge in [0.05, 0.1) is 22.1 Å². The molecule has 0 aliphatic rings. The first-order chi connectivity index (χ1) is 27.8. The van der Waals surface area contributed by atoms with E-state index in [2.05, 4.69) is 161 Å². The van der Waals surface area contributed by atoms with Crippen molar-refractivity contribution in [2.45, 2.75) is 0 Å². The highest BCUT2D eigenvalue weighted by Gasteiger charge is 2.23. The van der Waals surface area contributed by atoms with Gasteiger partial charge in [-0.05, 0) is 74.8 Å². The number of pyridine rings is 1. The number of aromatic nitrogens is 6. The quantitative estimate of drug-likeness (QED) is 0.134. The van der Waals surface area contributed by atoms with Gasteiger partial charge in [-0.15, -0.1) is 0 Å². The smallest absolute Gasteiger partial charge is 0.235 e. The molecule has 8 aromatic carbocycles. The predicted octanol–water partition coefficient (Wildman–Crippen LogP) is 12.3. The number of benzene rings is 8. The molecule has 260 valence electrons. The topological polar surface area (TPSA) is 61.4 Å². The number of para-hydroxylation sites is 1. The minimum atomic E-state index is 0.562. The Morgan fingerprint density at radius 1 is 0.393 bits per heavy atom. The highest BCUT2D eigenvalue weighted by atomic mass is 15.2. The molecule has 12 aromatic rings. The Hall–Kier alpha value is -7.70. The SMILES string of the molecule is c1ccc(-n2c3ccccc3c3cc(-c4nc5c6ccccc6c6ccccc6c5n4-c4ncc(-c5c6ccccc6cc6ccccc56)cn4)ccc32)nc1. The van der Waals surface area contributed by atoms with Crippen LogP contribution in [0.2, 0.25) is 0 Å². The van der Waals surface area contributed by atoms with E-state index >= 15 is 0 Å². The standard InChI is InChI=1S/C50H30N6/c1-3-15-35-31(13-1)27-32-14-2-4-16-36(32)46(35)34-29-52-50(53-30-34)56-48-41-21-8-6-18-38(41)37-17-5-7-20-40(37)47(48)54-49(56)33-24-25-44-42(28-33)39-19-9-10-22-43(39)55(44)45-23-11-12-26-51-45/h1-30H. The largest absolute Gasteiger partial charge is 0.294 e. The van der Waals surface area contributed by atoms with E-state index in [0.717, 1.165) is 77.3 Å². The van der Waals surface area contributed by atoms with Gasteiger partial charge < -0.3 is 0 Å². The van der Waals surface area contributed by atoms with Gasteiger partial charge in [-0.2, -0.15) is 0 Å². The third kappa shape index (κ3) is 4.44. The summed E-state index contributed by atoms with van der Waals surface area (Å²) in [5, 5.41) is 11.5. The number of nitrogens with zero attached hydrogens (tertiary/aromatic N) is 6. The maximum Gasteiger partial charge on any atom is 0.235 e. The molecule has 0 fully saturated rings. The molecule has 0 N–H and O–H groups in total. The number of imidazole rings is 1. The molecule has 0 unspecified atom stereocenters. The first kappa shape index (κ1) is 30.7. The van der Waals surface area contributed by atoms with Crippen LogP contribution >= 0.6 is 0 Å². The molecule has 0 spiro atoms. The van der Waals surface area contributed by atoms with Gasteiger partial charge in [-0.1, -0.05) is 121 Å². The molecule has 0 bridgehead atoms. The number of rotatable bonds is 4. The summed E-state index contributed by atoms with van der Waals surface area (Å²) in [6.07, 6.45) is 5.79. The molecule has 0 atom stereocenters. The first-order valence-electron chi connectivity index (χ1n) is 18.8. The molecule has 0 saturated carbocycles. The lowest BCUT2D eigenvalue weighted by atomic mass is 9.93. The molecule has 12 rings (SSSR count). The second kappa shape index (κ2) is 11.9. The Bertz CT molecular complexity index is 3470. The van der Waals surface area contributed by atoms with Crippen LogP contribution in [0.25, 0.3) is 110 Å². The Kier molecular flexibility index (Phi) is 6.53. The van der Waals surface area contributed by atoms with Crippen molar-refractivity contribution in [2.75, 3.05) is 0 Å². The van der Waals surface area contributed by atoms with Crippen molar-refractivity contribution in [3.63, 3.8) is 0 Å². The maximum atomic E-state index is 5.52. The van der Waals surface area contributed by atoms with E-state index in [9.17, 15) is 0 Å². The molecule has 0 aliphatic heterocycles. The highest BCUT2D eigenvalue weighted by molar-refractivity contribution is 6.24. The minimum absolute atomic E-state index is 0.562. The fourth-order valence-corrected chi connectivity index (χ4v) is 8.83. The maximum absolute atomic E-state index is 5.52. The second-order valence-electron chi connectivity index (χ2n) is 14.3. The summed E-state index contributed by atoms with van der Waals surface area (Å²) < 4.78 is 4.39. The van der Waals surface area contributed by atoms with Crippen LogP contribution in [0.1, 0.15) is 0 Å². The Morgan fingerprint density at radius 2 is 0.982 bits per heavy atom. The number of fused-ring (bicyclic) bond motifs is 11. The van der Waals surface area contributed by atoms with E-state index in [4.69, 9.17) is 19.9 Å². The van der Waals surface area contributed by atoms with Crippen molar-refractivity contribution in [2.24, 2.45) is 0 Å². The average molecular weight is 715 g/mol. The van der Waals surface area contributed by atoms with Crippen LogP contribution in [-0.4, -0.2) is 29.1 Å². The van der Waals surface area contributed by atoms with E-state index in [1.165, 1.54) is 26.9 Å². The van der Waals surface area contributed by atoms with Crippen molar-refractivity contribution in [1.29, 1.82) is 0 Å². The minimum Gasteiger partial charge on any atom is -0.294 e. The summed E-state index contributed by atoms with van der Waals surface area (Å²) in [5.41, 5.74) is 7.14. The predicted molar refractivity (Wildman–Crippen MR) is 230 cm³/mol. The zero-order valence-electron chi connectivity index (χ0n) is 30.0. The van der Waals surface area contributed by atoms with Crippen LogP contribution in [0.15, 0.2) is 182 Å². The average Bonchev–Trinajstić information content (AvgIpc) is 3.83. The molecule has 4 heterocycles. The summed E-state index contributed by atoms with van der Waals surface area (Å²) in [5.74, 6) is 2.22. The molecule has 6 nitrogen and oxygen atoms in total. The lowest BCUT2D eigenvalue weighted by molar-refractivity contribution is 0.960. The summed E-state index contributed by atoms with van der Waals surface area (Å²) in [6.45, 7) is 0. The van der Waals surface area contributed by atoms with Gasteiger partial charge in [0.1, 0.15) is 11.6 Å². The monoisotopic (exact) mass is 714 g/mol. The fourth-order valence-electron chi connectivity index (χ4n) is 8.83. The van der Waals surface area contributed by atoms with E-state index in [0.29, 0.717) is 5.95 Å². The van der Waals surface area contributed by atoms with E-state index in [1.807, 2.05) is 30.7 Å². The molecule has 0 aliphatic carbocycles. The summed E-state index contributed by atoms with van der Waals surface area (Å²) in [4.78, 5) is 20.6. The summed E-state index contributed by atoms with van der Waals surface area (Å²) >= 11 is 0. The number of hydrogen-bond donors (Lipinski definition) is 0. The summed E-state index contributed by atoms with van der Waals surface area (Å²) in [6, 6.07) is 57.7. The molecule has 0 amide bonds. The van der Waals surface area contributed by atoms with Crippen LogP contribution in [0, 0.1) is 0 Å². The molecule has 6 heteroatoms. The van der Waals surface area contributed by atoms with Crippen molar-refractivity contribution >= 4 is 75.9 Å². The van der Waals surface area contributed by atoms with Crippen LogP contribution in [-0.2, 0) is 0 Å². The lowest BCUT2D eigenvalue weighted by Gasteiger charge is -2.14. The molecular weight excluding hydrogens is 685 g/mol. The van der Waals surface area contributed by atoms with Crippen LogP contribution < -0.4 is 0 Å². The van der Waals surface area contributed by atoms with Crippen molar-refractivity contribution in [3.8, 4) is 34.3 Å². The van der Waals surface area contributed by atoms with E-state index in [-0.39, 0.29) is 0 Å². The van der Waals surface area contributed by atoms with Gasteiger partial charge in [-0.25, -0.2) is 19.9 Å². The zero-order valence-corrected chi connectivity index (χ0v) is 30.0. The Labute approximate surface area is 320 Å². The van der Waals surface area contributed by atoms with Crippen LogP contribution in [0.5, 0.6) is 0 Å². The van der Waals surface area contributed by atoms with Crippen molar-refractivity contribution in [1.82, 2.24) is 29.1 Å².